The summed E-state index contributed by atoms with van der Waals surface area (Å²) >= 11 is 6.13. The van der Waals surface area contributed by atoms with Crippen LogP contribution in [0.25, 0.3) is 0 Å². The van der Waals surface area contributed by atoms with Gasteiger partial charge in [-0.3, -0.25) is 4.98 Å². The molecule has 7 nitrogen and oxygen atoms in total. The predicted molar refractivity (Wildman–Crippen MR) is 81.8 cm³/mol. The summed E-state index contributed by atoms with van der Waals surface area (Å²) in [4.78, 5) is 8.01. The third-order valence-corrected chi connectivity index (χ3v) is 4.73. The lowest BCUT2D eigenvalue weighted by molar-refractivity contribution is -0.165. The number of aliphatic hydroxyl groups is 1. The molecule has 0 aliphatic carbocycles. The zero-order chi connectivity index (χ0) is 15.8. The number of fused-ring (bicyclic) bond motifs is 2. The fraction of sp³-hybridized carbons (Fsp3) is 0.467. The van der Waals surface area contributed by atoms with E-state index in [1.165, 1.54) is 0 Å². The molecule has 2 aromatic heterocycles. The Morgan fingerprint density at radius 1 is 1.39 bits per heavy atom. The van der Waals surface area contributed by atoms with E-state index >= 15 is 0 Å². The number of hydrogen-bond donors (Lipinski definition) is 2. The molecule has 2 fully saturated rings. The lowest BCUT2D eigenvalue weighted by Crippen LogP contribution is -2.57. The Morgan fingerprint density at radius 3 is 3.09 bits per heavy atom. The summed E-state index contributed by atoms with van der Waals surface area (Å²) in [5.74, 6) is 0. The van der Waals surface area contributed by atoms with Crippen LogP contribution >= 0.6 is 11.6 Å². The Bertz CT molecular complexity index is 669. The molecule has 0 radical (unpaired) electrons. The van der Waals surface area contributed by atoms with E-state index in [1.807, 2.05) is 10.6 Å². The number of aromatic nitrogens is 3. The van der Waals surface area contributed by atoms with Crippen LogP contribution in [-0.4, -0.2) is 50.8 Å². The number of nitrogens with zero attached hydrogens (tertiary/aromatic N) is 3. The molecule has 2 aromatic rings. The molecule has 4 heterocycles. The topological polar surface area (TPSA) is 81.4 Å². The van der Waals surface area contributed by atoms with Gasteiger partial charge in [-0.15, -0.1) is 0 Å². The number of halogens is 1. The minimum Gasteiger partial charge on any atom is -0.389 e. The third-order valence-electron chi connectivity index (χ3n) is 4.38. The molecule has 0 aromatic carbocycles. The highest BCUT2D eigenvalue weighted by Crippen LogP contribution is 2.35. The van der Waals surface area contributed by atoms with E-state index in [2.05, 4.69) is 15.3 Å². The zero-order valence-corrected chi connectivity index (χ0v) is 13.0. The van der Waals surface area contributed by atoms with E-state index in [-0.39, 0.29) is 18.2 Å². The average Bonchev–Trinajstić information content (AvgIpc) is 3.21. The summed E-state index contributed by atoms with van der Waals surface area (Å²) in [6.45, 7) is 0.971. The maximum atomic E-state index is 10.8. The van der Waals surface area contributed by atoms with Crippen LogP contribution < -0.4 is 5.32 Å². The lowest BCUT2D eigenvalue weighted by Gasteiger charge is -2.39. The number of aliphatic hydroxyl groups excluding tert-OH is 1. The van der Waals surface area contributed by atoms with Crippen molar-refractivity contribution >= 4 is 11.6 Å². The first kappa shape index (κ1) is 15.0. The first-order valence-electron chi connectivity index (χ1n) is 7.48. The van der Waals surface area contributed by atoms with Crippen molar-refractivity contribution in [2.24, 2.45) is 0 Å². The molecule has 2 aliphatic rings. The average molecular weight is 337 g/mol. The molecule has 5 unspecified atom stereocenters. The van der Waals surface area contributed by atoms with E-state index in [0.29, 0.717) is 18.2 Å². The van der Waals surface area contributed by atoms with Gasteiger partial charge < -0.3 is 24.5 Å². The van der Waals surface area contributed by atoms with Gasteiger partial charge in [0.25, 0.3) is 0 Å². The molecule has 2 bridgehead atoms. The van der Waals surface area contributed by atoms with Crippen LogP contribution in [0.15, 0.2) is 37.2 Å². The Hall–Kier alpha value is -1.51. The second-order valence-electron chi connectivity index (χ2n) is 5.74. The second-order valence-corrected chi connectivity index (χ2v) is 6.15. The summed E-state index contributed by atoms with van der Waals surface area (Å²) in [5, 5.41) is 14.8. The van der Waals surface area contributed by atoms with Crippen LogP contribution in [0.3, 0.4) is 0 Å². The van der Waals surface area contributed by atoms with Gasteiger partial charge in [0.15, 0.2) is 6.29 Å². The quantitative estimate of drug-likeness (QED) is 0.857. The van der Waals surface area contributed by atoms with Crippen molar-refractivity contribution in [2.75, 3.05) is 6.61 Å². The Labute approximate surface area is 138 Å². The van der Waals surface area contributed by atoms with Crippen LogP contribution in [0.2, 0.25) is 5.02 Å². The fourth-order valence-electron chi connectivity index (χ4n) is 3.19. The molecule has 5 atom stereocenters. The lowest BCUT2D eigenvalue weighted by atomic mass is 9.95. The van der Waals surface area contributed by atoms with Crippen LogP contribution in [0.1, 0.15) is 11.6 Å². The third kappa shape index (κ3) is 2.75. The fourth-order valence-corrected chi connectivity index (χ4v) is 3.38. The van der Waals surface area contributed by atoms with Gasteiger partial charge in [0.2, 0.25) is 0 Å². The van der Waals surface area contributed by atoms with Crippen molar-refractivity contribution in [1.29, 1.82) is 0 Å². The number of nitrogens with one attached hydrogen (secondary N) is 1. The van der Waals surface area contributed by atoms with Crippen molar-refractivity contribution in [2.45, 2.75) is 37.1 Å². The van der Waals surface area contributed by atoms with Gasteiger partial charge in [-0.1, -0.05) is 11.6 Å². The van der Waals surface area contributed by atoms with Gasteiger partial charge in [0, 0.05) is 31.3 Å². The molecule has 2 aliphatic heterocycles. The van der Waals surface area contributed by atoms with Gasteiger partial charge in [-0.05, 0) is 11.6 Å². The maximum Gasteiger partial charge on any atom is 0.181 e. The summed E-state index contributed by atoms with van der Waals surface area (Å²) in [5.41, 5.74) is 0.925. The molecule has 2 saturated heterocycles. The number of ether oxygens (including phenoxy) is 2. The highest BCUT2D eigenvalue weighted by molar-refractivity contribution is 6.31. The smallest absolute Gasteiger partial charge is 0.181 e. The van der Waals surface area contributed by atoms with Crippen molar-refractivity contribution in [1.82, 2.24) is 19.9 Å². The summed E-state index contributed by atoms with van der Waals surface area (Å²) in [6, 6.07) is 1.26. The molecule has 0 amide bonds. The molecule has 4 rings (SSSR count). The standard InChI is InChI=1S/C15H17ClN4O3/c16-10-6-17-2-1-9(10)5-19-12-11-7-22-15(23-11)13(14(12)21)20-4-3-18-8-20/h1-4,6,8,11-15,19,21H,5,7H2. The van der Waals surface area contributed by atoms with Gasteiger partial charge >= 0.3 is 0 Å². The maximum absolute atomic E-state index is 10.8. The van der Waals surface area contributed by atoms with E-state index < -0.39 is 12.4 Å². The number of imidazole rings is 1. The van der Waals surface area contributed by atoms with Crippen LogP contribution in [0.4, 0.5) is 0 Å². The van der Waals surface area contributed by atoms with E-state index in [9.17, 15) is 5.11 Å². The second kappa shape index (κ2) is 6.18. The van der Waals surface area contributed by atoms with Crippen LogP contribution in [0.5, 0.6) is 0 Å². The van der Waals surface area contributed by atoms with E-state index in [0.717, 1.165) is 5.56 Å². The Morgan fingerprint density at radius 2 is 2.30 bits per heavy atom. The zero-order valence-electron chi connectivity index (χ0n) is 12.2. The van der Waals surface area contributed by atoms with E-state index in [4.69, 9.17) is 21.1 Å². The van der Waals surface area contributed by atoms with Crippen molar-refractivity contribution in [3.05, 3.63) is 47.8 Å². The van der Waals surface area contributed by atoms with Crippen LogP contribution in [-0.2, 0) is 16.0 Å². The molecule has 8 heteroatoms. The first-order chi connectivity index (χ1) is 11.2. The largest absolute Gasteiger partial charge is 0.389 e. The molecular weight excluding hydrogens is 320 g/mol. The van der Waals surface area contributed by atoms with Gasteiger partial charge in [-0.25, -0.2) is 4.98 Å². The SMILES string of the molecule is OC1C(NCc2ccncc2Cl)C2COC(O2)C1n1ccnc1. The molecule has 0 saturated carbocycles. The first-order valence-corrected chi connectivity index (χ1v) is 7.86. The molecule has 122 valence electrons. The minimum absolute atomic E-state index is 0.185. The van der Waals surface area contributed by atoms with Crippen molar-refractivity contribution in [3.8, 4) is 0 Å². The monoisotopic (exact) mass is 336 g/mol. The summed E-state index contributed by atoms with van der Waals surface area (Å²) in [7, 11) is 0. The van der Waals surface area contributed by atoms with Crippen molar-refractivity contribution in [3.63, 3.8) is 0 Å². The van der Waals surface area contributed by atoms with Crippen LogP contribution in [0, 0.1) is 0 Å². The van der Waals surface area contributed by atoms with Crippen molar-refractivity contribution < 1.29 is 14.6 Å². The molecular formula is C15H17ClN4O3. The Balaban J connectivity index is 1.52. The van der Waals surface area contributed by atoms with E-state index in [1.54, 1.807) is 31.1 Å². The summed E-state index contributed by atoms with van der Waals surface area (Å²) < 4.78 is 13.4. The molecule has 0 spiro atoms. The summed E-state index contributed by atoms with van der Waals surface area (Å²) in [6.07, 6.45) is 7.15. The van der Waals surface area contributed by atoms with Gasteiger partial charge in [-0.2, -0.15) is 0 Å². The minimum atomic E-state index is -0.656. The predicted octanol–water partition coefficient (Wildman–Crippen LogP) is 0.747. The number of rotatable bonds is 4. The highest BCUT2D eigenvalue weighted by atomic mass is 35.5. The molecule has 2 N–H and O–H groups in total. The normalized spacial score (nSPS) is 33.0. The highest BCUT2D eigenvalue weighted by Gasteiger charge is 2.50. The number of hydrogen-bond acceptors (Lipinski definition) is 6. The van der Waals surface area contributed by atoms with Gasteiger partial charge in [0.05, 0.1) is 30.1 Å². The number of pyridine rings is 1. The van der Waals surface area contributed by atoms with Gasteiger partial charge in [0.1, 0.15) is 12.1 Å². The molecule has 23 heavy (non-hydrogen) atoms. The Kier molecular flexibility index (Phi) is 4.04.